The molecule has 0 bridgehead atoms. The molecule has 0 aliphatic carbocycles. The van der Waals surface area contributed by atoms with E-state index < -0.39 is 5.54 Å². The Bertz CT molecular complexity index is 923. The highest BCUT2D eigenvalue weighted by atomic mass is 16.5. The van der Waals surface area contributed by atoms with Crippen LogP contribution in [-0.2, 0) is 9.53 Å². The molecule has 0 saturated carbocycles. The lowest BCUT2D eigenvalue weighted by Crippen LogP contribution is -2.47. The van der Waals surface area contributed by atoms with E-state index in [9.17, 15) is 4.79 Å². The van der Waals surface area contributed by atoms with Crippen molar-refractivity contribution in [3.05, 3.63) is 71.8 Å². The van der Waals surface area contributed by atoms with Gasteiger partial charge < -0.3 is 19.9 Å². The lowest BCUT2D eigenvalue weighted by molar-refractivity contribution is -0.126. The number of aliphatic hydroxyl groups excluding tert-OH is 1. The SMILES string of the molecule is CC(C)CNC(=O)[C@@]1(C/C=C/c2ccccc2)COC(c2ccc(OCCCO)cc2)=N1. The largest absolute Gasteiger partial charge is 0.494 e. The summed E-state index contributed by atoms with van der Waals surface area (Å²) in [5, 5.41) is 11.9. The second-order valence-corrected chi connectivity index (χ2v) is 8.31. The summed E-state index contributed by atoms with van der Waals surface area (Å²) in [6.45, 7) is 5.47. The molecule has 32 heavy (non-hydrogen) atoms. The highest BCUT2D eigenvalue weighted by Crippen LogP contribution is 2.28. The zero-order valence-electron chi connectivity index (χ0n) is 18.8. The van der Waals surface area contributed by atoms with Gasteiger partial charge in [0.1, 0.15) is 12.4 Å². The zero-order chi connectivity index (χ0) is 22.8. The molecule has 1 heterocycles. The number of ether oxygens (including phenoxy) is 2. The fourth-order valence-electron chi connectivity index (χ4n) is 3.27. The number of nitrogens with one attached hydrogen (secondary N) is 1. The molecule has 0 radical (unpaired) electrons. The fourth-order valence-corrected chi connectivity index (χ4v) is 3.27. The van der Waals surface area contributed by atoms with Crippen molar-refractivity contribution in [2.75, 3.05) is 26.4 Å². The summed E-state index contributed by atoms with van der Waals surface area (Å²) in [5.74, 6) is 1.40. The minimum Gasteiger partial charge on any atom is -0.494 e. The van der Waals surface area contributed by atoms with Gasteiger partial charge in [-0.25, -0.2) is 4.99 Å². The Morgan fingerprint density at radius 1 is 1.22 bits per heavy atom. The maximum Gasteiger partial charge on any atom is 0.251 e. The van der Waals surface area contributed by atoms with Crippen molar-refractivity contribution < 1.29 is 19.4 Å². The third kappa shape index (κ3) is 6.44. The van der Waals surface area contributed by atoms with E-state index in [2.05, 4.69) is 19.2 Å². The van der Waals surface area contributed by atoms with Gasteiger partial charge in [-0.1, -0.05) is 56.3 Å². The van der Waals surface area contributed by atoms with Crippen LogP contribution in [0.5, 0.6) is 5.75 Å². The average Bonchev–Trinajstić information content (AvgIpc) is 3.24. The van der Waals surface area contributed by atoms with Crippen LogP contribution in [0.1, 0.15) is 37.8 Å². The van der Waals surface area contributed by atoms with Gasteiger partial charge in [-0.2, -0.15) is 0 Å². The maximum atomic E-state index is 13.1. The first-order valence-electron chi connectivity index (χ1n) is 11.1. The van der Waals surface area contributed by atoms with Crippen LogP contribution in [-0.4, -0.2) is 48.8 Å². The van der Waals surface area contributed by atoms with Crippen LogP contribution in [0.25, 0.3) is 6.08 Å². The number of nitrogens with zero attached hydrogens (tertiary/aromatic N) is 1. The first kappa shape index (κ1) is 23.5. The highest BCUT2D eigenvalue weighted by molar-refractivity contribution is 6.00. The normalized spacial score (nSPS) is 17.9. The maximum absolute atomic E-state index is 13.1. The van der Waals surface area contributed by atoms with Gasteiger partial charge in [0.05, 0.1) is 6.61 Å². The van der Waals surface area contributed by atoms with E-state index in [0.717, 1.165) is 11.1 Å². The number of benzene rings is 2. The Morgan fingerprint density at radius 2 is 1.97 bits per heavy atom. The van der Waals surface area contributed by atoms with Crippen molar-refractivity contribution in [2.45, 2.75) is 32.2 Å². The van der Waals surface area contributed by atoms with E-state index in [1.54, 1.807) is 0 Å². The molecule has 0 unspecified atom stereocenters. The number of aliphatic hydroxyl groups is 1. The molecule has 6 nitrogen and oxygen atoms in total. The molecule has 3 rings (SSSR count). The molecule has 0 fully saturated rings. The summed E-state index contributed by atoms with van der Waals surface area (Å²) >= 11 is 0. The second kappa shape index (κ2) is 11.5. The van der Waals surface area contributed by atoms with E-state index >= 15 is 0 Å². The second-order valence-electron chi connectivity index (χ2n) is 8.31. The number of carbonyl (C=O) groups is 1. The molecule has 0 spiro atoms. The third-order valence-electron chi connectivity index (χ3n) is 5.09. The number of amides is 1. The van der Waals surface area contributed by atoms with Gasteiger partial charge in [0, 0.05) is 31.6 Å². The minimum atomic E-state index is -0.994. The van der Waals surface area contributed by atoms with Gasteiger partial charge in [-0.05, 0) is 35.7 Å². The van der Waals surface area contributed by atoms with Crippen molar-refractivity contribution >= 4 is 17.9 Å². The molecule has 1 aliphatic heterocycles. The number of hydrogen-bond donors (Lipinski definition) is 2. The topological polar surface area (TPSA) is 80.2 Å². The van der Waals surface area contributed by atoms with Crippen LogP contribution in [0.15, 0.2) is 65.7 Å². The van der Waals surface area contributed by atoms with Crippen LogP contribution in [0.2, 0.25) is 0 Å². The van der Waals surface area contributed by atoms with Crippen molar-refractivity contribution in [3.63, 3.8) is 0 Å². The molecule has 0 saturated heterocycles. The van der Waals surface area contributed by atoms with Gasteiger partial charge in [0.15, 0.2) is 5.54 Å². The Labute approximate surface area is 190 Å². The van der Waals surface area contributed by atoms with Crippen molar-refractivity contribution in [1.82, 2.24) is 5.32 Å². The van der Waals surface area contributed by atoms with Crippen LogP contribution < -0.4 is 10.1 Å². The lowest BCUT2D eigenvalue weighted by atomic mass is 9.95. The molecule has 2 aromatic carbocycles. The smallest absolute Gasteiger partial charge is 0.251 e. The Morgan fingerprint density at radius 3 is 2.66 bits per heavy atom. The van der Waals surface area contributed by atoms with E-state index in [1.165, 1.54) is 0 Å². The Hall–Kier alpha value is -3.12. The third-order valence-corrected chi connectivity index (χ3v) is 5.09. The van der Waals surface area contributed by atoms with E-state index in [0.29, 0.717) is 43.6 Å². The van der Waals surface area contributed by atoms with Crippen molar-refractivity contribution in [3.8, 4) is 5.75 Å². The van der Waals surface area contributed by atoms with Crippen molar-refractivity contribution in [1.29, 1.82) is 0 Å². The van der Waals surface area contributed by atoms with Crippen LogP contribution in [0, 0.1) is 5.92 Å². The van der Waals surface area contributed by atoms with Crippen LogP contribution >= 0.6 is 0 Å². The Balaban J connectivity index is 1.77. The summed E-state index contributed by atoms with van der Waals surface area (Å²) in [6, 6.07) is 17.4. The van der Waals surface area contributed by atoms with Gasteiger partial charge in [0.25, 0.3) is 5.91 Å². The number of carbonyl (C=O) groups excluding carboxylic acids is 1. The van der Waals surface area contributed by atoms with Crippen LogP contribution in [0.3, 0.4) is 0 Å². The molecule has 6 heteroatoms. The molecule has 2 aromatic rings. The van der Waals surface area contributed by atoms with Gasteiger partial charge in [-0.15, -0.1) is 0 Å². The van der Waals surface area contributed by atoms with Gasteiger partial charge in [-0.3, -0.25) is 4.79 Å². The minimum absolute atomic E-state index is 0.0996. The zero-order valence-corrected chi connectivity index (χ0v) is 18.8. The molecule has 1 aliphatic rings. The number of hydrogen-bond acceptors (Lipinski definition) is 5. The molecule has 0 aromatic heterocycles. The summed E-state index contributed by atoms with van der Waals surface area (Å²) in [4.78, 5) is 17.9. The summed E-state index contributed by atoms with van der Waals surface area (Å²) in [6.07, 6.45) is 5.02. The van der Waals surface area contributed by atoms with E-state index in [-0.39, 0.29) is 19.1 Å². The quantitative estimate of drug-likeness (QED) is 0.525. The summed E-state index contributed by atoms with van der Waals surface area (Å²) < 4.78 is 11.5. The average molecular weight is 437 g/mol. The van der Waals surface area contributed by atoms with Crippen molar-refractivity contribution in [2.24, 2.45) is 10.9 Å². The molecular formula is C26H32N2O4. The number of rotatable bonds is 11. The first-order chi connectivity index (χ1) is 15.5. The highest BCUT2D eigenvalue weighted by Gasteiger charge is 2.43. The van der Waals surface area contributed by atoms with E-state index in [1.807, 2.05) is 66.7 Å². The van der Waals surface area contributed by atoms with Gasteiger partial charge >= 0.3 is 0 Å². The fraction of sp³-hybridized carbons (Fsp3) is 0.385. The summed E-state index contributed by atoms with van der Waals surface area (Å²) in [7, 11) is 0. The van der Waals surface area contributed by atoms with Gasteiger partial charge in [0.2, 0.25) is 5.90 Å². The number of aliphatic imine (C=N–C) groups is 1. The molecular weight excluding hydrogens is 404 g/mol. The predicted molar refractivity (Wildman–Crippen MR) is 127 cm³/mol. The molecule has 2 N–H and O–H groups in total. The molecule has 1 amide bonds. The Kier molecular flexibility index (Phi) is 8.45. The predicted octanol–water partition coefficient (Wildman–Crippen LogP) is 3.84. The lowest BCUT2D eigenvalue weighted by Gasteiger charge is -2.22. The monoisotopic (exact) mass is 436 g/mol. The van der Waals surface area contributed by atoms with Crippen LogP contribution in [0.4, 0.5) is 0 Å². The molecule has 170 valence electrons. The standard InChI is InChI=1S/C26H32N2O4/c1-20(2)18-27-25(30)26(15-6-10-21-8-4-3-5-9-21)19-32-24(28-26)22-11-13-23(14-12-22)31-17-7-16-29/h3-6,8-14,20,29H,7,15-19H2,1-2H3,(H,27,30)/b10-6+/t26-/m1/s1. The first-order valence-corrected chi connectivity index (χ1v) is 11.1. The molecule has 1 atom stereocenters. The summed E-state index contributed by atoms with van der Waals surface area (Å²) in [5.41, 5.74) is 0.876. The van der Waals surface area contributed by atoms with E-state index in [4.69, 9.17) is 19.6 Å².